The summed E-state index contributed by atoms with van der Waals surface area (Å²) in [5.41, 5.74) is 0. The largest absolute Gasteiger partial charge is 0.468 e. The Balaban J connectivity index is 2.10. The van der Waals surface area contributed by atoms with Crippen molar-refractivity contribution in [1.29, 1.82) is 0 Å². The summed E-state index contributed by atoms with van der Waals surface area (Å²) in [6.07, 6.45) is 3.42. The smallest absolute Gasteiger partial charge is 0.327 e. The summed E-state index contributed by atoms with van der Waals surface area (Å²) in [6.45, 7) is 0. The van der Waals surface area contributed by atoms with Gasteiger partial charge in [0.25, 0.3) is 0 Å². The van der Waals surface area contributed by atoms with Crippen LogP contribution in [0.4, 0.5) is 0 Å². The van der Waals surface area contributed by atoms with E-state index in [0.717, 1.165) is 12.8 Å². The van der Waals surface area contributed by atoms with Crippen molar-refractivity contribution in [1.82, 2.24) is 0 Å². The van der Waals surface area contributed by atoms with Gasteiger partial charge in [-0.1, -0.05) is 6.42 Å². The van der Waals surface area contributed by atoms with Gasteiger partial charge in [0, 0.05) is 0 Å². The first-order chi connectivity index (χ1) is 5.21. The number of carbonyl (C=O) groups excluding carboxylic acids is 1. The maximum Gasteiger partial charge on any atom is 0.327 e. The monoisotopic (exact) mass is 174 g/mol. The van der Waals surface area contributed by atoms with Crippen LogP contribution in [0.5, 0.6) is 0 Å². The highest BCUT2D eigenvalue weighted by Gasteiger charge is 2.70. The van der Waals surface area contributed by atoms with Gasteiger partial charge in [0.1, 0.15) is 4.87 Å². The second-order valence-corrected chi connectivity index (χ2v) is 4.03. The van der Waals surface area contributed by atoms with E-state index in [0.29, 0.717) is 11.8 Å². The fourth-order valence-electron chi connectivity index (χ4n) is 2.34. The fraction of sp³-hybridized carbons (Fsp3) is 0.875. The fourth-order valence-corrected chi connectivity index (χ4v) is 2.88. The molecular weight excluding hydrogens is 164 g/mol. The Bertz CT molecular complexity index is 192. The van der Waals surface area contributed by atoms with E-state index in [1.165, 1.54) is 13.5 Å². The van der Waals surface area contributed by atoms with Crippen LogP contribution in [0.25, 0.3) is 0 Å². The molecule has 3 heteroatoms. The Kier molecular flexibility index (Phi) is 1.43. The van der Waals surface area contributed by atoms with Crippen LogP contribution < -0.4 is 0 Å². The molecule has 0 bridgehead atoms. The first-order valence-electron chi connectivity index (χ1n) is 3.98. The molecular formula is C8H11ClO2. The van der Waals surface area contributed by atoms with Crippen molar-refractivity contribution >= 4 is 17.6 Å². The maximum atomic E-state index is 11.2. The molecule has 2 unspecified atom stereocenters. The molecule has 62 valence electrons. The number of alkyl halides is 1. The van der Waals surface area contributed by atoms with Gasteiger partial charge in [-0.15, -0.1) is 11.6 Å². The zero-order chi connectivity index (χ0) is 8.06. The molecule has 0 spiro atoms. The number of hydrogen-bond acceptors (Lipinski definition) is 2. The first kappa shape index (κ1) is 7.41. The first-order valence-corrected chi connectivity index (χ1v) is 4.36. The number of methoxy groups -OCH3 is 1. The van der Waals surface area contributed by atoms with E-state index >= 15 is 0 Å². The van der Waals surface area contributed by atoms with Crippen LogP contribution in [0.1, 0.15) is 19.3 Å². The molecule has 0 aromatic rings. The summed E-state index contributed by atoms with van der Waals surface area (Å²) < 4.78 is 4.64. The number of halogens is 1. The second kappa shape index (κ2) is 2.13. The molecule has 2 saturated carbocycles. The molecule has 2 rings (SSSR count). The number of ether oxygens (including phenoxy) is 1. The third kappa shape index (κ3) is 0.763. The summed E-state index contributed by atoms with van der Waals surface area (Å²) in [5.74, 6) is 0.599. The molecule has 0 aliphatic heterocycles. The lowest BCUT2D eigenvalue weighted by atomic mass is 10.1. The molecule has 2 nitrogen and oxygen atoms in total. The zero-order valence-electron chi connectivity index (χ0n) is 6.47. The van der Waals surface area contributed by atoms with Gasteiger partial charge in [-0.05, 0) is 24.7 Å². The van der Waals surface area contributed by atoms with Crippen molar-refractivity contribution in [2.75, 3.05) is 7.11 Å². The van der Waals surface area contributed by atoms with E-state index in [-0.39, 0.29) is 5.97 Å². The minimum absolute atomic E-state index is 0.228. The van der Waals surface area contributed by atoms with Crippen LogP contribution in [0.3, 0.4) is 0 Å². The van der Waals surface area contributed by atoms with Crippen molar-refractivity contribution in [3.8, 4) is 0 Å². The van der Waals surface area contributed by atoms with E-state index in [2.05, 4.69) is 4.74 Å². The molecule has 2 atom stereocenters. The molecule has 2 aliphatic carbocycles. The Hall–Kier alpha value is -0.240. The topological polar surface area (TPSA) is 26.3 Å². The minimum Gasteiger partial charge on any atom is -0.468 e. The lowest BCUT2D eigenvalue weighted by Crippen LogP contribution is -2.23. The van der Waals surface area contributed by atoms with Crippen LogP contribution >= 0.6 is 11.6 Å². The Morgan fingerprint density at radius 3 is 2.55 bits per heavy atom. The Morgan fingerprint density at radius 2 is 2.09 bits per heavy atom. The quantitative estimate of drug-likeness (QED) is 0.446. The molecule has 2 fully saturated rings. The third-order valence-electron chi connectivity index (χ3n) is 2.98. The maximum absolute atomic E-state index is 11.2. The predicted molar refractivity (Wildman–Crippen MR) is 41.4 cm³/mol. The number of carbonyl (C=O) groups is 1. The second-order valence-electron chi connectivity index (χ2n) is 3.40. The van der Waals surface area contributed by atoms with Crippen LogP contribution in [-0.4, -0.2) is 18.0 Å². The van der Waals surface area contributed by atoms with Crippen LogP contribution in [0, 0.1) is 11.8 Å². The van der Waals surface area contributed by atoms with Gasteiger partial charge >= 0.3 is 5.97 Å². The Morgan fingerprint density at radius 1 is 1.55 bits per heavy atom. The van der Waals surface area contributed by atoms with Gasteiger partial charge in [-0.2, -0.15) is 0 Å². The van der Waals surface area contributed by atoms with Crippen LogP contribution in [0.2, 0.25) is 0 Å². The summed E-state index contributed by atoms with van der Waals surface area (Å²) >= 11 is 6.09. The van der Waals surface area contributed by atoms with Crippen molar-refractivity contribution in [2.24, 2.45) is 11.8 Å². The number of rotatable bonds is 1. The highest BCUT2D eigenvalue weighted by molar-refractivity contribution is 6.37. The van der Waals surface area contributed by atoms with E-state index in [9.17, 15) is 4.79 Å². The van der Waals surface area contributed by atoms with Gasteiger partial charge in [0.2, 0.25) is 0 Å². The molecule has 11 heavy (non-hydrogen) atoms. The van der Waals surface area contributed by atoms with E-state index in [4.69, 9.17) is 11.6 Å². The summed E-state index contributed by atoms with van der Waals surface area (Å²) in [7, 11) is 1.40. The van der Waals surface area contributed by atoms with Gasteiger partial charge in [-0.3, -0.25) is 4.79 Å². The lowest BCUT2D eigenvalue weighted by Gasteiger charge is -2.08. The molecule has 0 radical (unpaired) electrons. The van der Waals surface area contributed by atoms with Gasteiger partial charge in [0.15, 0.2) is 0 Å². The molecule has 2 aliphatic rings. The van der Waals surface area contributed by atoms with Crippen LogP contribution in [-0.2, 0) is 9.53 Å². The molecule has 0 N–H and O–H groups in total. The van der Waals surface area contributed by atoms with E-state index in [1.54, 1.807) is 0 Å². The predicted octanol–water partition coefficient (Wildman–Crippen LogP) is 1.57. The molecule has 0 aromatic heterocycles. The number of esters is 1. The number of fused-ring (bicyclic) bond motifs is 1. The van der Waals surface area contributed by atoms with Crippen molar-refractivity contribution in [2.45, 2.75) is 24.1 Å². The third-order valence-corrected chi connectivity index (χ3v) is 3.70. The molecule has 0 heterocycles. The van der Waals surface area contributed by atoms with Crippen molar-refractivity contribution < 1.29 is 9.53 Å². The highest BCUT2D eigenvalue weighted by Crippen LogP contribution is 2.65. The number of hydrogen-bond donors (Lipinski definition) is 0. The van der Waals surface area contributed by atoms with Gasteiger partial charge < -0.3 is 4.74 Å². The molecule has 0 aromatic carbocycles. The highest BCUT2D eigenvalue weighted by atomic mass is 35.5. The average molecular weight is 175 g/mol. The lowest BCUT2D eigenvalue weighted by molar-refractivity contribution is -0.141. The van der Waals surface area contributed by atoms with E-state index < -0.39 is 4.87 Å². The summed E-state index contributed by atoms with van der Waals surface area (Å²) in [4.78, 5) is 10.5. The average Bonchev–Trinajstić information content (AvgIpc) is 2.51. The molecule has 0 amide bonds. The van der Waals surface area contributed by atoms with Crippen LogP contribution in [0.15, 0.2) is 0 Å². The van der Waals surface area contributed by atoms with Crippen molar-refractivity contribution in [3.05, 3.63) is 0 Å². The van der Waals surface area contributed by atoms with E-state index in [1.807, 2.05) is 0 Å². The summed E-state index contributed by atoms with van der Waals surface area (Å²) in [5, 5.41) is 0. The minimum atomic E-state index is -0.618. The zero-order valence-corrected chi connectivity index (χ0v) is 7.23. The van der Waals surface area contributed by atoms with Crippen molar-refractivity contribution in [3.63, 3.8) is 0 Å². The van der Waals surface area contributed by atoms with Gasteiger partial charge in [-0.25, -0.2) is 0 Å². The molecule has 0 saturated heterocycles. The SMILES string of the molecule is COC(=O)C1(Cl)C2CCCC21. The summed E-state index contributed by atoms with van der Waals surface area (Å²) in [6, 6.07) is 0. The Labute approximate surface area is 70.9 Å². The standard InChI is InChI=1S/C8H11ClO2/c1-11-7(10)8(9)5-3-2-4-6(5)8/h5-6H,2-4H2,1H3. The van der Waals surface area contributed by atoms with Gasteiger partial charge in [0.05, 0.1) is 7.11 Å². The normalized spacial score (nSPS) is 46.7.